The van der Waals surface area contributed by atoms with Crippen molar-refractivity contribution in [3.63, 3.8) is 0 Å². The molecule has 4 heteroatoms. The molecule has 0 bridgehead atoms. The van der Waals surface area contributed by atoms with Gasteiger partial charge in [-0.15, -0.1) is 0 Å². The Morgan fingerprint density at radius 2 is 1.78 bits per heavy atom. The van der Waals surface area contributed by atoms with E-state index in [-0.39, 0.29) is 0 Å². The fourth-order valence-corrected chi connectivity index (χ4v) is 4.78. The number of anilines is 2. The second kappa shape index (κ2) is 12.0. The van der Waals surface area contributed by atoms with E-state index < -0.39 is 0 Å². The standard InChI is InChI=1S/C32H40N4/c1-24(2)20-29-13-14-31-32(21-29)36(23-27(5)35(31)19-16-30-8-6-7-17-34-30)26(4)22-33-18-15-28-11-9-25(3)10-12-28/h6-14,17,21,24,33H,4-5,15-16,18-20,22-23H2,1-3H3. The van der Waals surface area contributed by atoms with Gasteiger partial charge in [-0.05, 0) is 67.6 Å². The number of hydrogen-bond donors (Lipinski definition) is 1. The maximum atomic E-state index is 4.51. The van der Waals surface area contributed by atoms with E-state index in [0.29, 0.717) is 5.92 Å². The summed E-state index contributed by atoms with van der Waals surface area (Å²) in [6.45, 7) is 18.9. The second-order valence-electron chi connectivity index (χ2n) is 10.3. The third kappa shape index (κ3) is 6.64. The summed E-state index contributed by atoms with van der Waals surface area (Å²) in [6.07, 6.45) is 4.83. The Kier molecular flexibility index (Phi) is 8.61. The third-order valence-electron chi connectivity index (χ3n) is 6.73. The summed E-state index contributed by atoms with van der Waals surface area (Å²) in [7, 11) is 0. The number of nitrogens with zero attached hydrogens (tertiary/aromatic N) is 3. The predicted molar refractivity (Wildman–Crippen MR) is 154 cm³/mol. The highest BCUT2D eigenvalue weighted by Gasteiger charge is 2.27. The molecule has 0 saturated carbocycles. The van der Waals surface area contributed by atoms with Crippen molar-refractivity contribution < 1.29 is 0 Å². The molecule has 36 heavy (non-hydrogen) atoms. The van der Waals surface area contributed by atoms with Gasteiger partial charge in [-0.25, -0.2) is 0 Å². The van der Waals surface area contributed by atoms with Gasteiger partial charge in [0.05, 0.1) is 17.9 Å². The molecule has 0 unspecified atom stereocenters. The molecule has 188 valence electrons. The van der Waals surface area contributed by atoms with Crippen LogP contribution in [0.4, 0.5) is 11.4 Å². The SMILES string of the molecule is C=C1CN(C(=C)CNCCc2ccc(C)cc2)c2cc(CC(C)C)ccc2N1CCc1ccccn1. The van der Waals surface area contributed by atoms with Crippen molar-refractivity contribution in [3.8, 4) is 0 Å². The lowest BCUT2D eigenvalue weighted by molar-refractivity contribution is 0.646. The molecule has 3 aromatic rings. The zero-order chi connectivity index (χ0) is 25.5. The van der Waals surface area contributed by atoms with E-state index in [1.54, 1.807) is 0 Å². The van der Waals surface area contributed by atoms with Crippen LogP contribution in [0.5, 0.6) is 0 Å². The molecule has 1 N–H and O–H groups in total. The molecule has 0 aliphatic carbocycles. The minimum Gasteiger partial charge on any atom is -0.342 e. The Bertz CT molecular complexity index is 1160. The first-order chi connectivity index (χ1) is 17.4. The molecule has 0 amide bonds. The van der Waals surface area contributed by atoms with Crippen LogP contribution in [-0.2, 0) is 19.3 Å². The molecule has 0 saturated heterocycles. The van der Waals surface area contributed by atoms with Crippen LogP contribution in [0, 0.1) is 12.8 Å². The third-order valence-corrected chi connectivity index (χ3v) is 6.73. The van der Waals surface area contributed by atoms with Crippen LogP contribution in [0.1, 0.15) is 36.2 Å². The van der Waals surface area contributed by atoms with E-state index in [0.717, 1.165) is 62.5 Å². The van der Waals surface area contributed by atoms with Crippen molar-refractivity contribution in [2.45, 2.75) is 40.0 Å². The van der Waals surface area contributed by atoms with Gasteiger partial charge < -0.3 is 15.1 Å². The first-order valence-corrected chi connectivity index (χ1v) is 13.1. The number of rotatable bonds is 11. The van der Waals surface area contributed by atoms with E-state index >= 15 is 0 Å². The van der Waals surface area contributed by atoms with Gasteiger partial charge in [0.2, 0.25) is 0 Å². The van der Waals surface area contributed by atoms with Crippen LogP contribution >= 0.6 is 0 Å². The van der Waals surface area contributed by atoms with Gasteiger partial charge in [-0.2, -0.15) is 0 Å². The number of hydrogen-bond acceptors (Lipinski definition) is 4. The van der Waals surface area contributed by atoms with Gasteiger partial charge in [-0.3, -0.25) is 4.98 Å². The highest BCUT2D eigenvalue weighted by Crippen LogP contribution is 2.39. The number of fused-ring (bicyclic) bond motifs is 1. The van der Waals surface area contributed by atoms with E-state index in [1.165, 1.54) is 28.1 Å². The van der Waals surface area contributed by atoms with Crippen molar-refractivity contribution >= 4 is 11.4 Å². The number of aryl methyl sites for hydroxylation is 1. The van der Waals surface area contributed by atoms with Gasteiger partial charge in [-0.1, -0.05) is 69.0 Å². The summed E-state index contributed by atoms with van der Waals surface area (Å²) in [5, 5.41) is 3.60. The zero-order valence-electron chi connectivity index (χ0n) is 22.1. The van der Waals surface area contributed by atoms with Crippen molar-refractivity contribution in [2.75, 3.05) is 36.0 Å². The molecule has 4 nitrogen and oxygen atoms in total. The quantitative estimate of drug-likeness (QED) is 0.326. The normalized spacial score (nSPS) is 13.3. The molecule has 0 fully saturated rings. The molecular formula is C32H40N4. The lowest BCUT2D eigenvalue weighted by atomic mass is 9.99. The molecule has 0 spiro atoms. The lowest BCUT2D eigenvalue weighted by Crippen LogP contribution is -2.41. The van der Waals surface area contributed by atoms with E-state index in [1.807, 2.05) is 12.3 Å². The molecular weight excluding hydrogens is 440 g/mol. The maximum absolute atomic E-state index is 4.51. The first kappa shape index (κ1) is 25.7. The fourth-order valence-electron chi connectivity index (χ4n) is 4.78. The van der Waals surface area contributed by atoms with Crippen molar-refractivity contribution in [1.29, 1.82) is 0 Å². The fraction of sp³-hybridized carbons (Fsp3) is 0.344. The molecule has 4 rings (SSSR count). The summed E-state index contributed by atoms with van der Waals surface area (Å²) in [5.74, 6) is 0.613. The topological polar surface area (TPSA) is 31.4 Å². The number of benzene rings is 2. The molecule has 0 radical (unpaired) electrons. The van der Waals surface area contributed by atoms with Gasteiger partial charge in [0.25, 0.3) is 0 Å². The first-order valence-electron chi connectivity index (χ1n) is 13.1. The Hall–Kier alpha value is -3.37. The molecule has 0 atom stereocenters. The van der Waals surface area contributed by atoms with Crippen molar-refractivity contribution in [2.24, 2.45) is 5.92 Å². The van der Waals surface area contributed by atoms with E-state index in [4.69, 9.17) is 0 Å². The summed E-state index contributed by atoms with van der Waals surface area (Å²) >= 11 is 0. The zero-order valence-corrected chi connectivity index (χ0v) is 22.1. The minimum atomic E-state index is 0.613. The summed E-state index contributed by atoms with van der Waals surface area (Å²) < 4.78 is 0. The van der Waals surface area contributed by atoms with Crippen LogP contribution in [0.3, 0.4) is 0 Å². The summed E-state index contributed by atoms with van der Waals surface area (Å²) in [5.41, 5.74) is 9.73. The van der Waals surface area contributed by atoms with Gasteiger partial charge >= 0.3 is 0 Å². The van der Waals surface area contributed by atoms with E-state index in [9.17, 15) is 0 Å². The Balaban J connectivity index is 1.47. The smallest absolute Gasteiger partial charge is 0.0656 e. The average molecular weight is 481 g/mol. The van der Waals surface area contributed by atoms with Crippen LogP contribution in [0.15, 0.2) is 91.4 Å². The largest absolute Gasteiger partial charge is 0.342 e. The number of aromatic nitrogens is 1. The van der Waals surface area contributed by atoms with Gasteiger partial charge in [0.1, 0.15) is 0 Å². The molecule has 2 heterocycles. The Labute approximate surface area is 217 Å². The van der Waals surface area contributed by atoms with Crippen LogP contribution in [-0.4, -0.2) is 31.2 Å². The second-order valence-corrected chi connectivity index (χ2v) is 10.3. The van der Waals surface area contributed by atoms with Crippen LogP contribution in [0.25, 0.3) is 0 Å². The molecule has 1 aromatic heterocycles. The van der Waals surface area contributed by atoms with Crippen molar-refractivity contribution in [3.05, 3.63) is 114 Å². The molecule has 2 aromatic carbocycles. The average Bonchev–Trinajstić information content (AvgIpc) is 2.87. The van der Waals surface area contributed by atoms with Crippen LogP contribution < -0.4 is 15.1 Å². The number of pyridine rings is 1. The minimum absolute atomic E-state index is 0.613. The highest BCUT2D eigenvalue weighted by atomic mass is 15.3. The lowest BCUT2D eigenvalue weighted by Gasteiger charge is -2.41. The van der Waals surface area contributed by atoms with Crippen LogP contribution in [0.2, 0.25) is 0 Å². The van der Waals surface area contributed by atoms with Gasteiger partial charge in [0.15, 0.2) is 0 Å². The van der Waals surface area contributed by atoms with Crippen molar-refractivity contribution in [1.82, 2.24) is 10.3 Å². The maximum Gasteiger partial charge on any atom is 0.0656 e. The number of nitrogens with one attached hydrogen (secondary N) is 1. The van der Waals surface area contributed by atoms with E-state index in [2.05, 4.69) is 109 Å². The molecule has 1 aliphatic heterocycles. The Morgan fingerprint density at radius 1 is 1.00 bits per heavy atom. The summed E-state index contributed by atoms with van der Waals surface area (Å²) in [4.78, 5) is 9.22. The predicted octanol–water partition coefficient (Wildman–Crippen LogP) is 6.32. The van der Waals surface area contributed by atoms with Gasteiger partial charge in [0, 0.05) is 42.8 Å². The monoisotopic (exact) mass is 480 g/mol. The molecule has 1 aliphatic rings. The Morgan fingerprint density at radius 3 is 2.50 bits per heavy atom. The summed E-state index contributed by atoms with van der Waals surface area (Å²) in [6, 6.07) is 21.8. The highest BCUT2D eigenvalue weighted by molar-refractivity contribution is 5.79.